The highest BCUT2D eigenvalue weighted by Crippen LogP contribution is 2.49. The number of carbonyl (C=O) groups excluding carboxylic acids is 1. The minimum absolute atomic E-state index is 0.0328. The van der Waals surface area contributed by atoms with Gasteiger partial charge in [-0.1, -0.05) is 26.8 Å². The summed E-state index contributed by atoms with van der Waals surface area (Å²) in [5.74, 6) is 1.10. The van der Waals surface area contributed by atoms with Crippen LogP contribution in [0.1, 0.15) is 86.7 Å². The summed E-state index contributed by atoms with van der Waals surface area (Å²) in [7, 11) is 1.77. The number of benzene rings is 2. The van der Waals surface area contributed by atoms with E-state index in [1.54, 1.807) is 35.0 Å². The lowest BCUT2D eigenvalue weighted by Crippen LogP contribution is -2.49. The lowest BCUT2D eigenvalue weighted by Gasteiger charge is -2.33. The molecule has 10 nitrogen and oxygen atoms in total. The number of thiophene rings is 1. The van der Waals surface area contributed by atoms with Gasteiger partial charge in [0, 0.05) is 23.1 Å². The summed E-state index contributed by atoms with van der Waals surface area (Å²) in [6.07, 6.45) is 0.543. The molecule has 2 aliphatic rings. The van der Waals surface area contributed by atoms with Crippen LogP contribution in [-0.2, 0) is 11.0 Å². The molecule has 4 aromatic heterocycles. The molecule has 6 heterocycles. The number of imidazole rings is 2. The molecule has 6 aromatic rings. The quantitative estimate of drug-likeness (QED) is 0.0974. The third-order valence-corrected chi connectivity index (χ3v) is 12.1. The number of aromatic nitrogens is 5. The number of nitrogens with one attached hydrogen (secondary N) is 4. The SMILES string of the molecule is CC[C@@H](c1ncc(-c2cc(F)c3c(c2)OC(c2ccc(C(F)(F)F)s2)n2c-3cc3cc(-c4cnc(C5CCCN5)[nH]4)ccc32)[nH]1)N(CC)C(=O)[C@@H](NC)C(C)C. The highest BCUT2D eigenvalue weighted by Gasteiger charge is 2.37. The number of aromatic amines is 2. The first kappa shape index (κ1) is 37.9. The lowest BCUT2D eigenvalue weighted by molar-refractivity contribution is -0.137. The molecule has 0 radical (unpaired) electrons. The van der Waals surface area contributed by atoms with Gasteiger partial charge in [-0.3, -0.25) is 9.36 Å². The largest absolute Gasteiger partial charge is 0.464 e. The number of amides is 1. The number of fused-ring (bicyclic) bond motifs is 5. The van der Waals surface area contributed by atoms with Gasteiger partial charge in [0.05, 0.1) is 63.6 Å². The molecule has 1 amide bonds. The van der Waals surface area contributed by atoms with Crippen molar-refractivity contribution in [3.05, 3.63) is 88.1 Å². The van der Waals surface area contributed by atoms with Gasteiger partial charge in [-0.25, -0.2) is 14.4 Å². The Morgan fingerprint density at radius 3 is 2.52 bits per heavy atom. The standard InChI is InChI=1S/C41H44F4N8O2S/c1-6-29(52(7-2)39(54)36(46-5)21(3)4)38-49-20-28(51-38)23-16-25(42)35-31-17-24-15-22(27-19-48-37(50-27)26-9-8-14-47-26)10-11-30(24)53(31)40(55-32(35)18-23)33-12-13-34(56-33)41(43,44)45/h10-13,15-21,26,29,36,40,46-47H,6-9,14H2,1-5H3,(H,48,50)(H,49,51)/t26?,29-,36-,40?/m0/s1. The Balaban J connectivity index is 1.19. The van der Waals surface area contributed by atoms with Crippen molar-refractivity contribution in [2.75, 3.05) is 20.1 Å². The number of rotatable bonds is 11. The van der Waals surface area contributed by atoms with Crippen LogP contribution in [-0.4, -0.2) is 61.5 Å². The van der Waals surface area contributed by atoms with E-state index in [0.29, 0.717) is 57.5 Å². The first-order valence-electron chi connectivity index (χ1n) is 19.0. The third kappa shape index (κ3) is 6.68. The van der Waals surface area contributed by atoms with E-state index < -0.39 is 23.1 Å². The first-order chi connectivity index (χ1) is 26.9. The molecule has 0 bridgehead atoms. The van der Waals surface area contributed by atoms with Crippen molar-refractivity contribution in [2.45, 2.75) is 77.5 Å². The third-order valence-electron chi connectivity index (χ3n) is 10.9. The monoisotopic (exact) mass is 788 g/mol. The zero-order valence-corrected chi connectivity index (χ0v) is 32.5. The molecule has 294 valence electrons. The Hall–Kier alpha value is -4.99. The van der Waals surface area contributed by atoms with E-state index in [0.717, 1.165) is 47.9 Å². The van der Waals surface area contributed by atoms with Crippen molar-refractivity contribution < 1.29 is 27.1 Å². The number of likely N-dealkylation sites (N-methyl/N-ethyl adjacent to an activating group) is 2. The Morgan fingerprint density at radius 1 is 1.05 bits per heavy atom. The van der Waals surface area contributed by atoms with Crippen LogP contribution >= 0.6 is 11.3 Å². The summed E-state index contributed by atoms with van der Waals surface area (Å²) in [5, 5.41) is 7.35. The first-order valence-corrected chi connectivity index (χ1v) is 19.9. The number of H-pyrrole nitrogens is 2. The van der Waals surface area contributed by atoms with Crippen molar-refractivity contribution >= 4 is 28.1 Å². The molecule has 2 aromatic carbocycles. The molecule has 1 fully saturated rings. The lowest BCUT2D eigenvalue weighted by atomic mass is 10.0. The van der Waals surface area contributed by atoms with Crippen molar-refractivity contribution in [1.82, 2.24) is 40.0 Å². The minimum atomic E-state index is -4.53. The van der Waals surface area contributed by atoms with Gasteiger partial charge in [0.2, 0.25) is 12.1 Å². The van der Waals surface area contributed by atoms with Crippen LogP contribution in [0.3, 0.4) is 0 Å². The molecule has 8 rings (SSSR count). The van der Waals surface area contributed by atoms with Gasteiger partial charge >= 0.3 is 6.18 Å². The number of carbonyl (C=O) groups is 1. The highest BCUT2D eigenvalue weighted by molar-refractivity contribution is 7.12. The van der Waals surface area contributed by atoms with Crippen LogP contribution < -0.4 is 15.4 Å². The van der Waals surface area contributed by atoms with E-state index in [1.807, 2.05) is 52.0 Å². The van der Waals surface area contributed by atoms with Gasteiger partial charge in [0.1, 0.15) is 28.1 Å². The van der Waals surface area contributed by atoms with Crippen LogP contribution in [0, 0.1) is 11.7 Å². The topological polar surface area (TPSA) is 116 Å². The molecule has 56 heavy (non-hydrogen) atoms. The molecule has 0 saturated carbocycles. The molecular weight excluding hydrogens is 745 g/mol. The van der Waals surface area contributed by atoms with Gasteiger partial charge in [-0.15, -0.1) is 11.3 Å². The van der Waals surface area contributed by atoms with E-state index in [2.05, 4.69) is 30.6 Å². The normalized spacial score (nSPS) is 17.9. The highest BCUT2D eigenvalue weighted by atomic mass is 32.1. The van der Waals surface area contributed by atoms with E-state index in [-0.39, 0.29) is 41.3 Å². The Morgan fingerprint density at radius 2 is 1.84 bits per heavy atom. The predicted molar refractivity (Wildman–Crippen MR) is 209 cm³/mol. The fourth-order valence-electron chi connectivity index (χ4n) is 8.17. The molecular formula is C41H44F4N8O2S. The van der Waals surface area contributed by atoms with Gasteiger partial charge in [0.15, 0.2) is 0 Å². The fraction of sp³-hybridized carbons (Fsp3) is 0.390. The van der Waals surface area contributed by atoms with Crippen LogP contribution in [0.15, 0.2) is 60.9 Å². The molecule has 2 unspecified atom stereocenters. The summed E-state index contributed by atoms with van der Waals surface area (Å²) in [4.78, 5) is 31.0. The zero-order chi connectivity index (χ0) is 39.5. The van der Waals surface area contributed by atoms with Crippen LogP contribution in [0.5, 0.6) is 5.75 Å². The maximum atomic E-state index is 16.6. The van der Waals surface area contributed by atoms with E-state index in [1.165, 1.54) is 12.1 Å². The molecule has 1 saturated heterocycles. The summed E-state index contributed by atoms with van der Waals surface area (Å²) >= 11 is 0.601. The Bertz CT molecular complexity index is 2390. The van der Waals surface area contributed by atoms with E-state index in [9.17, 15) is 18.0 Å². The number of nitrogens with zero attached hydrogens (tertiary/aromatic N) is 4. The Labute approximate surface area is 325 Å². The Kier molecular flexibility index (Phi) is 10.0. The molecule has 0 spiro atoms. The van der Waals surface area contributed by atoms with Crippen molar-refractivity contribution in [1.29, 1.82) is 0 Å². The van der Waals surface area contributed by atoms with E-state index in [4.69, 9.17) is 4.74 Å². The predicted octanol–water partition coefficient (Wildman–Crippen LogP) is 9.22. The fourth-order valence-corrected chi connectivity index (χ4v) is 9.06. The average molecular weight is 789 g/mol. The van der Waals surface area contributed by atoms with Crippen LogP contribution in [0.2, 0.25) is 0 Å². The van der Waals surface area contributed by atoms with Gasteiger partial charge in [-0.2, -0.15) is 13.2 Å². The average Bonchev–Trinajstić information content (AvgIpc) is 4.02. The second kappa shape index (κ2) is 14.8. The number of alkyl halides is 3. The maximum Gasteiger partial charge on any atom is 0.425 e. The molecule has 15 heteroatoms. The molecule has 4 atom stereocenters. The summed E-state index contributed by atoms with van der Waals surface area (Å²) < 4.78 is 66.4. The summed E-state index contributed by atoms with van der Waals surface area (Å²) in [6, 6.07) is 12.6. The second-order valence-corrected chi connectivity index (χ2v) is 15.9. The smallest absolute Gasteiger partial charge is 0.425 e. The molecule has 0 aliphatic carbocycles. The van der Waals surface area contributed by atoms with E-state index >= 15 is 4.39 Å². The summed E-state index contributed by atoms with van der Waals surface area (Å²) in [5.41, 5.74) is 4.01. The van der Waals surface area contributed by atoms with Gasteiger partial charge in [0.25, 0.3) is 0 Å². The zero-order valence-electron chi connectivity index (χ0n) is 31.7. The summed E-state index contributed by atoms with van der Waals surface area (Å²) in [6.45, 7) is 9.31. The van der Waals surface area contributed by atoms with Crippen molar-refractivity contribution in [3.8, 4) is 39.5 Å². The molecule has 4 N–H and O–H groups in total. The van der Waals surface area contributed by atoms with Crippen LogP contribution in [0.25, 0.3) is 44.7 Å². The van der Waals surface area contributed by atoms with Gasteiger partial charge < -0.3 is 30.2 Å². The minimum Gasteiger partial charge on any atom is -0.464 e. The second-order valence-electron chi connectivity index (χ2n) is 14.7. The maximum absolute atomic E-state index is 16.6. The number of hydrogen-bond donors (Lipinski definition) is 4. The van der Waals surface area contributed by atoms with Crippen LogP contribution in [0.4, 0.5) is 17.6 Å². The molecule has 2 aliphatic heterocycles. The number of ether oxygens (including phenoxy) is 1. The number of hydrogen-bond acceptors (Lipinski definition) is 7. The van der Waals surface area contributed by atoms with Crippen molar-refractivity contribution in [3.63, 3.8) is 0 Å². The van der Waals surface area contributed by atoms with Gasteiger partial charge in [-0.05, 0) is 88.2 Å². The number of halogens is 4. The van der Waals surface area contributed by atoms with Crippen molar-refractivity contribution in [2.24, 2.45) is 5.92 Å².